The summed E-state index contributed by atoms with van der Waals surface area (Å²) < 4.78 is 12.1. The Hall–Kier alpha value is -1.47. The number of anilines is 1. The summed E-state index contributed by atoms with van der Waals surface area (Å²) >= 11 is 1.42. The third-order valence-corrected chi connectivity index (χ3v) is 4.45. The first-order valence-corrected chi connectivity index (χ1v) is 7.65. The molecule has 20 heavy (non-hydrogen) atoms. The fourth-order valence-electron chi connectivity index (χ4n) is 2.45. The molecule has 0 radical (unpaired) electrons. The first-order valence-electron chi connectivity index (χ1n) is 6.88. The van der Waals surface area contributed by atoms with Crippen LogP contribution in [0.15, 0.2) is 6.20 Å². The third-order valence-electron chi connectivity index (χ3n) is 3.76. The Kier molecular flexibility index (Phi) is 3.71. The summed E-state index contributed by atoms with van der Waals surface area (Å²) in [5.41, 5.74) is 2.30. The van der Waals surface area contributed by atoms with E-state index >= 15 is 0 Å². The summed E-state index contributed by atoms with van der Waals surface area (Å²) in [7, 11) is 1.95. The lowest BCUT2D eigenvalue weighted by Gasteiger charge is -2.19. The predicted octanol–water partition coefficient (Wildman–Crippen LogP) is 2.08. The van der Waals surface area contributed by atoms with Gasteiger partial charge in [-0.25, -0.2) is 4.98 Å². The van der Waals surface area contributed by atoms with E-state index in [0.717, 1.165) is 41.7 Å². The normalized spacial score (nSPS) is 22.4. The van der Waals surface area contributed by atoms with Gasteiger partial charge in [-0.2, -0.15) is 9.47 Å². The number of nitrogens with one attached hydrogen (secondary N) is 1. The molecule has 0 aliphatic carbocycles. The molecule has 1 fully saturated rings. The predicted molar refractivity (Wildman–Crippen MR) is 78.0 cm³/mol. The quantitative estimate of drug-likeness (QED) is 0.935. The van der Waals surface area contributed by atoms with E-state index in [4.69, 9.17) is 4.74 Å². The van der Waals surface area contributed by atoms with E-state index in [2.05, 4.69) is 33.6 Å². The summed E-state index contributed by atoms with van der Waals surface area (Å²) in [5.74, 6) is 0.894. The van der Waals surface area contributed by atoms with Crippen LogP contribution in [0.3, 0.4) is 0 Å². The van der Waals surface area contributed by atoms with E-state index in [-0.39, 0.29) is 12.1 Å². The monoisotopic (exact) mass is 293 g/mol. The molecule has 0 aromatic carbocycles. The molecule has 1 saturated heterocycles. The van der Waals surface area contributed by atoms with Crippen LogP contribution in [0, 0.1) is 6.92 Å². The highest BCUT2D eigenvalue weighted by atomic mass is 32.1. The number of hydrogen-bond donors (Lipinski definition) is 1. The molecule has 3 rings (SSSR count). The van der Waals surface area contributed by atoms with Gasteiger partial charge < -0.3 is 10.1 Å². The van der Waals surface area contributed by atoms with Crippen LogP contribution in [0.5, 0.6) is 0 Å². The van der Waals surface area contributed by atoms with Crippen LogP contribution in [0.25, 0.3) is 0 Å². The van der Waals surface area contributed by atoms with Crippen molar-refractivity contribution in [2.45, 2.75) is 38.8 Å². The number of aryl methyl sites for hydroxylation is 2. The molecule has 0 bridgehead atoms. The Bertz CT molecular complexity index is 593. The number of hydrogen-bond acceptors (Lipinski definition) is 6. The lowest BCUT2D eigenvalue weighted by Crippen LogP contribution is -2.23. The van der Waals surface area contributed by atoms with Crippen molar-refractivity contribution in [1.82, 2.24) is 19.1 Å². The Morgan fingerprint density at radius 2 is 2.40 bits per heavy atom. The Morgan fingerprint density at radius 3 is 3.05 bits per heavy atom. The lowest BCUT2D eigenvalue weighted by atomic mass is 10.0. The topological polar surface area (TPSA) is 64.9 Å². The molecule has 0 unspecified atom stereocenters. The van der Waals surface area contributed by atoms with Crippen LogP contribution >= 0.6 is 11.5 Å². The van der Waals surface area contributed by atoms with Crippen molar-refractivity contribution in [3.8, 4) is 0 Å². The fraction of sp³-hybridized carbons (Fsp3) is 0.615. The minimum Gasteiger partial charge on any atom is -0.371 e. The van der Waals surface area contributed by atoms with Gasteiger partial charge in [0.05, 0.1) is 12.2 Å². The van der Waals surface area contributed by atoms with Crippen LogP contribution in [0.1, 0.15) is 36.5 Å². The summed E-state index contributed by atoms with van der Waals surface area (Å²) in [6.45, 7) is 4.89. The van der Waals surface area contributed by atoms with Gasteiger partial charge in [0.25, 0.3) is 0 Å². The molecule has 2 atom stereocenters. The van der Waals surface area contributed by atoms with Gasteiger partial charge in [-0.1, -0.05) is 6.92 Å². The van der Waals surface area contributed by atoms with Crippen LogP contribution in [-0.4, -0.2) is 31.8 Å². The smallest absolute Gasteiger partial charge is 0.202 e. The molecule has 7 heteroatoms. The fourth-order valence-corrected chi connectivity index (χ4v) is 3.17. The number of aromatic nitrogens is 4. The van der Waals surface area contributed by atoms with E-state index in [1.807, 2.05) is 17.9 Å². The molecule has 1 aliphatic rings. The molecular formula is C13H19N5OS. The average Bonchev–Trinajstić information content (AvgIpc) is 3.14. The molecule has 1 N–H and O–H groups in total. The minimum atomic E-state index is 0.0395. The van der Waals surface area contributed by atoms with Gasteiger partial charge in [-0.3, -0.25) is 4.68 Å². The third kappa shape index (κ3) is 2.43. The second-order valence-corrected chi connectivity index (χ2v) is 5.76. The Labute approximate surface area is 122 Å². The van der Waals surface area contributed by atoms with E-state index in [1.54, 1.807) is 0 Å². The highest BCUT2D eigenvalue weighted by molar-refractivity contribution is 7.09. The van der Waals surface area contributed by atoms with Crippen LogP contribution in [0.4, 0.5) is 5.13 Å². The Morgan fingerprint density at radius 1 is 1.55 bits per heavy atom. The standard InChI is InChI=1S/C13H19N5OS/c1-4-11-16-13(20-17-11)15-10-5-6-19-12(10)9-7-14-18(3)8(9)2/h7,10,12H,4-6H2,1-3H3,(H,15,16,17)/t10-,12+/m0/s1. The van der Waals surface area contributed by atoms with Gasteiger partial charge in [0.15, 0.2) is 0 Å². The number of rotatable bonds is 4. The summed E-state index contributed by atoms with van der Waals surface area (Å²) in [6, 6.07) is 0.232. The average molecular weight is 293 g/mol. The second kappa shape index (κ2) is 5.49. The zero-order valence-electron chi connectivity index (χ0n) is 12.0. The molecule has 0 amide bonds. The first kappa shape index (κ1) is 13.5. The van der Waals surface area contributed by atoms with Crippen molar-refractivity contribution in [3.63, 3.8) is 0 Å². The summed E-state index contributed by atoms with van der Waals surface area (Å²) in [4.78, 5) is 4.47. The van der Waals surface area contributed by atoms with Crippen molar-refractivity contribution in [3.05, 3.63) is 23.3 Å². The van der Waals surface area contributed by atoms with Gasteiger partial charge in [0.2, 0.25) is 5.13 Å². The molecule has 1 aliphatic heterocycles. The van der Waals surface area contributed by atoms with Crippen LogP contribution in [0.2, 0.25) is 0 Å². The second-order valence-electron chi connectivity index (χ2n) is 5.01. The zero-order chi connectivity index (χ0) is 14.1. The molecule has 6 nitrogen and oxygen atoms in total. The Balaban J connectivity index is 1.77. The zero-order valence-corrected chi connectivity index (χ0v) is 12.8. The van der Waals surface area contributed by atoms with Crippen molar-refractivity contribution in [2.24, 2.45) is 7.05 Å². The SMILES string of the molecule is CCc1nsc(N[C@H]2CCO[C@@H]2c2cnn(C)c2C)n1. The number of nitrogens with zero attached hydrogens (tertiary/aromatic N) is 4. The van der Waals surface area contributed by atoms with Gasteiger partial charge in [0.1, 0.15) is 11.9 Å². The van der Waals surface area contributed by atoms with E-state index in [9.17, 15) is 0 Å². The van der Waals surface area contributed by atoms with E-state index in [1.165, 1.54) is 11.5 Å². The molecule has 108 valence electrons. The van der Waals surface area contributed by atoms with E-state index < -0.39 is 0 Å². The van der Waals surface area contributed by atoms with Crippen LogP contribution < -0.4 is 5.32 Å². The maximum absolute atomic E-state index is 5.89. The summed E-state index contributed by atoms with van der Waals surface area (Å²) in [6.07, 6.45) is 3.78. The van der Waals surface area contributed by atoms with Crippen molar-refractivity contribution >= 4 is 16.7 Å². The van der Waals surface area contributed by atoms with Crippen molar-refractivity contribution < 1.29 is 4.74 Å². The van der Waals surface area contributed by atoms with Gasteiger partial charge in [-0.15, -0.1) is 0 Å². The van der Waals surface area contributed by atoms with Gasteiger partial charge in [0, 0.05) is 42.9 Å². The maximum atomic E-state index is 5.89. The summed E-state index contributed by atoms with van der Waals surface area (Å²) in [5, 5.41) is 8.65. The molecule has 0 spiro atoms. The molecule has 2 aromatic rings. The minimum absolute atomic E-state index is 0.0395. The lowest BCUT2D eigenvalue weighted by molar-refractivity contribution is 0.107. The largest absolute Gasteiger partial charge is 0.371 e. The molecule has 0 saturated carbocycles. The highest BCUT2D eigenvalue weighted by Crippen LogP contribution is 2.33. The van der Waals surface area contributed by atoms with Crippen LogP contribution in [-0.2, 0) is 18.2 Å². The molecular weight excluding hydrogens is 274 g/mol. The highest BCUT2D eigenvalue weighted by Gasteiger charge is 2.32. The van der Waals surface area contributed by atoms with Crippen molar-refractivity contribution in [2.75, 3.05) is 11.9 Å². The van der Waals surface area contributed by atoms with Crippen molar-refractivity contribution in [1.29, 1.82) is 0 Å². The first-order chi connectivity index (χ1) is 9.69. The van der Waals surface area contributed by atoms with Gasteiger partial charge in [-0.05, 0) is 13.3 Å². The molecule has 2 aromatic heterocycles. The maximum Gasteiger partial charge on any atom is 0.202 e. The number of ether oxygens (including phenoxy) is 1. The van der Waals surface area contributed by atoms with E-state index in [0.29, 0.717) is 0 Å². The molecule has 3 heterocycles. The van der Waals surface area contributed by atoms with Gasteiger partial charge >= 0.3 is 0 Å².